The molecule has 4 rings (SSSR count). The van der Waals surface area contributed by atoms with E-state index in [4.69, 9.17) is 20.9 Å². The molecular formula is C24H20N4O3S. The number of thiophene rings is 1. The maximum absolute atomic E-state index is 13.2. The Labute approximate surface area is 188 Å². The number of anilines is 2. The van der Waals surface area contributed by atoms with Crippen molar-refractivity contribution in [1.29, 1.82) is 5.26 Å². The molecule has 0 unspecified atom stereocenters. The summed E-state index contributed by atoms with van der Waals surface area (Å²) in [6.45, 7) is 2.45. The quantitative estimate of drug-likeness (QED) is 0.415. The topological polar surface area (TPSA) is 124 Å². The third-order valence-electron chi connectivity index (χ3n) is 5.03. The summed E-state index contributed by atoms with van der Waals surface area (Å²) in [6, 6.07) is 16.2. The summed E-state index contributed by atoms with van der Waals surface area (Å²) in [7, 11) is 1.56. The van der Waals surface area contributed by atoms with Crippen molar-refractivity contribution in [3.8, 4) is 28.7 Å². The minimum absolute atomic E-state index is 0.0913. The van der Waals surface area contributed by atoms with Gasteiger partial charge in [-0.25, -0.2) is 4.98 Å². The third kappa shape index (κ3) is 3.59. The van der Waals surface area contributed by atoms with Gasteiger partial charge in [0.2, 0.25) is 5.78 Å². The van der Waals surface area contributed by atoms with Crippen LogP contribution in [-0.4, -0.2) is 24.5 Å². The first-order valence-electron chi connectivity index (χ1n) is 9.82. The van der Waals surface area contributed by atoms with Crippen LogP contribution in [0.3, 0.4) is 0 Å². The van der Waals surface area contributed by atoms with Crippen molar-refractivity contribution >= 4 is 38.8 Å². The zero-order valence-corrected chi connectivity index (χ0v) is 18.3. The summed E-state index contributed by atoms with van der Waals surface area (Å²) in [5.74, 6) is 1.22. The zero-order chi connectivity index (χ0) is 22.8. The van der Waals surface area contributed by atoms with Gasteiger partial charge in [-0.15, -0.1) is 11.3 Å². The number of nitrogen functional groups attached to an aromatic ring is 2. The molecule has 2 heterocycles. The van der Waals surface area contributed by atoms with E-state index in [0.717, 1.165) is 16.9 Å². The maximum atomic E-state index is 13.2. The smallest absolute Gasteiger partial charge is 0.205 e. The average molecular weight is 445 g/mol. The van der Waals surface area contributed by atoms with Gasteiger partial charge in [0.15, 0.2) is 0 Å². The van der Waals surface area contributed by atoms with Crippen molar-refractivity contribution < 1.29 is 14.3 Å². The Morgan fingerprint density at radius 2 is 1.75 bits per heavy atom. The van der Waals surface area contributed by atoms with Crippen LogP contribution in [0.25, 0.3) is 21.3 Å². The van der Waals surface area contributed by atoms with Gasteiger partial charge < -0.3 is 20.9 Å². The largest absolute Gasteiger partial charge is 0.497 e. The van der Waals surface area contributed by atoms with Crippen molar-refractivity contribution in [2.75, 3.05) is 25.2 Å². The van der Waals surface area contributed by atoms with Gasteiger partial charge >= 0.3 is 0 Å². The number of pyridine rings is 1. The number of nitrogens with two attached hydrogens (primary N) is 2. The van der Waals surface area contributed by atoms with E-state index in [1.807, 2.05) is 31.2 Å². The summed E-state index contributed by atoms with van der Waals surface area (Å²) in [5, 5.41) is 10.3. The number of nitrogens with zero attached hydrogens (tertiary/aromatic N) is 2. The van der Waals surface area contributed by atoms with E-state index in [2.05, 4.69) is 11.1 Å². The van der Waals surface area contributed by atoms with Crippen LogP contribution < -0.4 is 20.9 Å². The molecule has 0 amide bonds. The van der Waals surface area contributed by atoms with Crippen molar-refractivity contribution in [2.24, 2.45) is 0 Å². The van der Waals surface area contributed by atoms with Crippen LogP contribution in [0, 0.1) is 11.3 Å². The fourth-order valence-corrected chi connectivity index (χ4v) is 4.57. The van der Waals surface area contributed by atoms with Crippen molar-refractivity contribution in [3.05, 3.63) is 64.5 Å². The fraction of sp³-hybridized carbons (Fsp3) is 0.125. The predicted molar refractivity (Wildman–Crippen MR) is 126 cm³/mol. The monoisotopic (exact) mass is 444 g/mol. The number of nitriles is 1. The van der Waals surface area contributed by atoms with Gasteiger partial charge in [0.25, 0.3) is 0 Å². The molecule has 0 radical (unpaired) electrons. The van der Waals surface area contributed by atoms with Gasteiger partial charge in [-0.05, 0) is 48.9 Å². The number of rotatable bonds is 6. The van der Waals surface area contributed by atoms with Gasteiger partial charge in [-0.3, -0.25) is 4.79 Å². The van der Waals surface area contributed by atoms with Crippen LogP contribution in [0.5, 0.6) is 11.5 Å². The number of ether oxygens (including phenoxy) is 2. The SMILES string of the molecule is CCOc1ccc(-c2c(C#N)c(N)nc3sc(C(=O)c4ccc(OC)cc4)c(N)c23)cc1. The Kier molecular flexibility index (Phi) is 5.67. The molecule has 32 heavy (non-hydrogen) atoms. The van der Waals surface area contributed by atoms with Crippen LogP contribution in [-0.2, 0) is 0 Å². The first kappa shape index (κ1) is 21.2. The molecule has 4 N–H and O–H groups in total. The number of carbonyl (C=O) groups is 1. The average Bonchev–Trinajstić information content (AvgIpc) is 3.14. The second-order valence-corrected chi connectivity index (χ2v) is 7.90. The van der Waals surface area contributed by atoms with E-state index < -0.39 is 0 Å². The second-order valence-electron chi connectivity index (χ2n) is 6.90. The van der Waals surface area contributed by atoms with E-state index in [1.54, 1.807) is 31.4 Å². The Hall–Kier alpha value is -4.09. The van der Waals surface area contributed by atoms with E-state index in [-0.39, 0.29) is 22.9 Å². The highest BCUT2D eigenvalue weighted by atomic mass is 32.1. The molecule has 2 aromatic heterocycles. The lowest BCUT2D eigenvalue weighted by Gasteiger charge is -2.10. The van der Waals surface area contributed by atoms with Crippen LogP contribution >= 0.6 is 11.3 Å². The lowest BCUT2D eigenvalue weighted by Crippen LogP contribution is -2.03. The number of carbonyl (C=O) groups excluding carboxylic acids is 1. The lowest BCUT2D eigenvalue weighted by molar-refractivity contribution is 0.104. The zero-order valence-electron chi connectivity index (χ0n) is 17.5. The van der Waals surface area contributed by atoms with Crippen LogP contribution in [0.4, 0.5) is 11.5 Å². The van der Waals surface area contributed by atoms with Gasteiger partial charge in [0, 0.05) is 16.5 Å². The number of aromatic nitrogens is 1. The molecule has 7 nitrogen and oxygen atoms in total. The Morgan fingerprint density at radius 1 is 1.09 bits per heavy atom. The molecule has 0 saturated carbocycles. The molecule has 0 aliphatic carbocycles. The predicted octanol–water partition coefficient (Wildman–Crippen LogP) is 4.64. The molecular weight excluding hydrogens is 424 g/mol. The highest BCUT2D eigenvalue weighted by Crippen LogP contribution is 2.43. The molecule has 0 atom stereocenters. The van der Waals surface area contributed by atoms with Gasteiger partial charge in [-0.2, -0.15) is 5.26 Å². The second kappa shape index (κ2) is 8.57. The molecule has 0 aliphatic heterocycles. The third-order valence-corrected chi connectivity index (χ3v) is 6.13. The Morgan fingerprint density at radius 3 is 2.34 bits per heavy atom. The highest BCUT2D eigenvalue weighted by Gasteiger charge is 2.25. The van der Waals surface area contributed by atoms with Crippen LogP contribution in [0.1, 0.15) is 27.7 Å². The molecule has 8 heteroatoms. The first-order valence-corrected chi connectivity index (χ1v) is 10.6. The van der Waals surface area contributed by atoms with Crippen molar-refractivity contribution in [2.45, 2.75) is 6.92 Å². The lowest BCUT2D eigenvalue weighted by atomic mass is 9.96. The number of benzene rings is 2. The number of fused-ring (bicyclic) bond motifs is 1. The van der Waals surface area contributed by atoms with Crippen molar-refractivity contribution in [3.63, 3.8) is 0 Å². The van der Waals surface area contributed by atoms with Crippen LogP contribution in [0.15, 0.2) is 48.5 Å². The van der Waals surface area contributed by atoms with E-state index in [0.29, 0.717) is 44.3 Å². The molecule has 0 fully saturated rings. The van der Waals surface area contributed by atoms with E-state index in [9.17, 15) is 10.1 Å². The normalized spacial score (nSPS) is 10.7. The molecule has 160 valence electrons. The van der Waals surface area contributed by atoms with Crippen LogP contribution in [0.2, 0.25) is 0 Å². The summed E-state index contributed by atoms with van der Waals surface area (Å²) >= 11 is 1.16. The molecule has 0 aliphatic rings. The summed E-state index contributed by atoms with van der Waals surface area (Å²) in [6.07, 6.45) is 0. The summed E-state index contributed by atoms with van der Waals surface area (Å²) < 4.78 is 10.7. The molecule has 0 spiro atoms. The first-order chi connectivity index (χ1) is 15.5. The van der Waals surface area contributed by atoms with E-state index in [1.165, 1.54) is 0 Å². The van der Waals surface area contributed by atoms with E-state index >= 15 is 0 Å². The Bertz CT molecular complexity index is 1350. The number of ketones is 1. The maximum Gasteiger partial charge on any atom is 0.205 e. The summed E-state index contributed by atoms with van der Waals surface area (Å²) in [4.78, 5) is 18.4. The minimum Gasteiger partial charge on any atom is -0.497 e. The van der Waals surface area contributed by atoms with Crippen molar-refractivity contribution in [1.82, 2.24) is 4.98 Å². The van der Waals surface area contributed by atoms with Gasteiger partial charge in [-0.1, -0.05) is 12.1 Å². The molecule has 4 aromatic rings. The number of hydrogen-bond donors (Lipinski definition) is 2. The highest BCUT2D eigenvalue weighted by molar-refractivity contribution is 7.21. The Balaban J connectivity index is 1.91. The molecule has 2 aromatic carbocycles. The summed E-state index contributed by atoms with van der Waals surface area (Å²) in [5.41, 5.74) is 14.8. The standard InChI is InChI=1S/C24H20N4O3S/c1-3-31-16-10-4-13(5-11-16)18-17(12-25)23(27)28-24-19(18)20(26)22(32-24)21(29)14-6-8-15(30-2)9-7-14/h4-11H,3,26H2,1-2H3,(H2,27,28). The fourth-order valence-electron chi connectivity index (χ4n) is 3.50. The minimum atomic E-state index is -0.233. The number of methoxy groups -OCH3 is 1. The molecule has 0 bridgehead atoms. The van der Waals surface area contributed by atoms with Gasteiger partial charge in [0.1, 0.15) is 38.7 Å². The molecule has 0 saturated heterocycles. The van der Waals surface area contributed by atoms with Gasteiger partial charge in [0.05, 0.1) is 19.4 Å². The number of hydrogen-bond acceptors (Lipinski definition) is 8.